The number of amides is 2. The molecule has 10 nitrogen and oxygen atoms in total. The van der Waals surface area contributed by atoms with Crippen LogP contribution in [0.1, 0.15) is 43.4 Å². The standard InChI is InChI=1S/C22H27N7O3/c1-16-8-3-4-10-18(16)24-20(31)22(11-5-2-6-12-22)28(14-17-9-7-13-32-17)19(30)15-29-21(23)25-26-27-29/h3-4,7-10,13H,2,5-6,11-12,14-15H2,1H3,(H,24,31)(H2,23,25,27). The summed E-state index contributed by atoms with van der Waals surface area (Å²) in [6.07, 6.45) is 5.37. The lowest BCUT2D eigenvalue weighted by Gasteiger charge is -2.44. The van der Waals surface area contributed by atoms with Gasteiger partial charge in [-0.3, -0.25) is 9.59 Å². The number of rotatable bonds is 7. The van der Waals surface area contributed by atoms with Crippen molar-refractivity contribution < 1.29 is 14.0 Å². The average molecular weight is 438 g/mol. The minimum Gasteiger partial charge on any atom is -0.467 e. The van der Waals surface area contributed by atoms with E-state index >= 15 is 0 Å². The first-order valence-electron chi connectivity index (χ1n) is 10.7. The van der Waals surface area contributed by atoms with Gasteiger partial charge in [-0.05, 0) is 54.0 Å². The first kappa shape index (κ1) is 21.5. The van der Waals surface area contributed by atoms with Crippen LogP contribution in [0.2, 0.25) is 0 Å². The number of anilines is 2. The largest absolute Gasteiger partial charge is 0.467 e. The fourth-order valence-electron chi connectivity index (χ4n) is 4.28. The van der Waals surface area contributed by atoms with E-state index < -0.39 is 5.54 Å². The first-order chi connectivity index (χ1) is 15.5. The Balaban J connectivity index is 1.69. The summed E-state index contributed by atoms with van der Waals surface area (Å²) in [5, 5.41) is 14.0. The Kier molecular flexibility index (Phi) is 6.20. The number of furan rings is 1. The number of aryl methyl sites for hydroxylation is 1. The maximum absolute atomic E-state index is 13.8. The highest BCUT2D eigenvalue weighted by Crippen LogP contribution is 2.37. The van der Waals surface area contributed by atoms with Gasteiger partial charge in [-0.25, -0.2) is 4.68 Å². The quantitative estimate of drug-likeness (QED) is 0.580. The summed E-state index contributed by atoms with van der Waals surface area (Å²) in [5.41, 5.74) is 6.44. The molecule has 0 unspecified atom stereocenters. The normalized spacial score (nSPS) is 15.3. The fourth-order valence-corrected chi connectivity index (χ4v) is 4.28. The minimum atomic E-state index is -1.02. The van der Waals surface area contributed by atoms with Crippen molar-refractivity contribution in [1.29, 1.82) is 0 Å². The van der Waals surface area contributed by atoms with Gasteiger partial charge >= 0.3 is 0 Å². The molecule has 1 aromatic carbocycles. The lowest BCUT2D eigenvalue weighted by Crippen LogP contribution is -2.60. The second kappa shape index (κ2) is 9.21. The summed E-state index contributed by atoms with van der Waals surface area (Å²) < 4.78 is 6.76. The molecule has 0 saturated heterocycles. The second-order valence-corrected chi connectivity index (χ2v) is 8.12. The Morgan fingerprint density at radius 3 is 2.62 bits per heavy atom. The predicted octanol–water partition coefficient (Wildman–Crippen LogP) is 2.53. The summed E-state index contributed by atoms with van der Waals surface area (Å²) in [7, 11) is 0. The van der Waals surface area contributed by atoms with Crippen LogP contribution in [0.15, 0.2) is 47.1 Å². The Morgan fingerprint density at radius 2 is 1.97 bits per heavy atom. The van der Waals surface area contributed by atoms with E-state index in [2.05, 4.69) is 20.8 Å². The molecular weight excluding hydrogens is 410 g/mol. The van der Waals surface area contributed by atoms with Crippen molar-refractivity contribution in [2.45, 2.75) is 57.7 Å². The molecule has 10 heteroatoms. The van der Waals surface area contributed by atoms with Crippen molar-refractivity contribution in [2.24, 2.45) is 0 Å². The molecule has 3 aromatic rings. The van der Waals surface area contributed by atoms with Gasteiger partial charge in [0.1, 0.15) is 17.8 Å². The van der Waals surface area contributed by atoms with Crippen LogP contribution >= 0.6 is 0 Å². The fraction of sp³-hybridized carbons (Fsp3) is 0.409. The van der Waals surface area contributed by atoms with Gasteiger partial charge < -0.3 is 20.4 Å². The number of carbonyl (C=O) groups is 2. The third-order valence-corrected chi connectivity index (χ3v) is 6.05. The molecule has 4 rings (SSSR count). The highest BCUT2D eigenvalue weighted by atomic mass is 16.3. The van der Waals surface area contributed by atoms with Crippen molar-refractivity contribution in [2.75, 3.05) is 11.1 Å². The summed E-state index contributed by atoms with van der Waals surface area (Å²) in [6, 6.07) is 11.2. The van der Waals surface area contributed by atoms with Crippen LogP contribution in [-0.4, -0.2) is 42.5 Å². The van der Waals surface area contributed by atoms with Gasteiger partial charge in [0.2, 0.25) is 17.8 Å². The molecule has 32 heavy (non-hydrogen) atoms. The van der Waals surface area contributed by atoms with Gasteiger partial charge in [0.05, 0.1) is 12.8 Å². The highest BCUT2D eigenvalue weighted by Gasteiger charge is 2.47. The maximum Gasteiger partial charge on any atom is 0.250 e. The minimum absolute atomic E-state index is 0.0401. The zero-order valence-corrected chi connectivity index (χ0v) is 18.0. The number of tetrazole rings is 1. The van der Waals surface area contributed by atoms with Crippen molar-refractivity contribution in [3.8, 4) is 0 Å². The van der Waals surface area contributed by atoms with Crippen LogP contribution in [0.4, 0.5) is 11.6 Å². The number of nitrogen functional groups attached to an aromatic ring is 1. The maximum atomic E-state index is 13.8. The van der Waals surface area contributed by atoms with E-state index in [4.69, 9.17) is 10.2 Å². The molecule has 1 saturated carbocycles. The highest BCUT2D eigenvalue weighted by molar-refractivity contribution is 6.01. The van der Waals surface area contributed by atoms with Crippen LogP contribution < -0.4 is 11.1 Å². The molecule has 2 amide bonds. The van der Waals surface area contributed by atoms with E-state index in [1.807, 2.05) is 31.2 Å². The molecule has 1 aliphatic carbocycles. The number of benzene rings is 1. The molecule has 3 N–H and O–H groups in total. The molecule has 2 aromatic heterocycles. The molecule has 168 valence electrons. The summed E-state index contributed by atoms with van der Waals surface area (Å²) in [6.45, 7) is 1.93. The molecule has 0 spiro atoms. The Bertz CT molecular complexity index is 1070. The first-order valence-corrected chi connectivity index (χ1v) is 10.7. The molecule has 0 atom stereocenters. The topological polar surface area (TPSA) is 132 Å². The molecule has 0 aliphatic heterocycles. The van der Waals surface area contributed by atoms with E-state index in [-0.39, 0.29) is 30.9 Å². The second-order valence-electron chi connectivity index (χ2n) is 8.12. The summed E-state index contributed by atoms with van der Waals surface area (Å²) in [5.74, 6) is 0.133. The predicted molar refractivity (Wildman–Crippen MR) is 117 cm³/mol. The van der Waals surface area contributed by atoms with Crippen LogP contribution in [0.5, 0.6) is 0 Å². The number of nitrogens with two attached hydrogens (primary N) is 1. The van der Waals surface area contributed by atoms with E-state index in [1.165, 1.54) is 4.68 Å². The van der Waals surface area contributed by atoms with Crippen molar-refractivity contribution in [3.63, 3.8) is 0 Å². The third kappa shape index (κ3) is 4.34. The number of aromatic nitrogens is 4. The number of carbonyl (C=O) groups excluding carboxylic acids is 2. The summed E-state index contributed by atoms with van der Waals surface area (Å²) in [4.78, 5) is 28.9. The van der Waals surface area contributed by atoms with E-state index in [9.17, 15) is 9.59 Å². The SMILES string of the molecule is Cc1ccccc1NC(=O)C1(N(Cc2ccco2)C(=O)Cn2nnnc2N)CCCCC1. The molecular formula is C22H27N7O3. The van der Waals surface area contributed by atoms with Gasteiger partial charge in [0, 0.05) is 5.69 Å². The Labute approximate surface area is 185 Å². The van der Waals surface area contributed by atoms with Crippen molar-refractivity contribution in [3.05, 3.63) is 54.0 Å². The number of hydrogen-bond donors (Lipinski definition) is 2. The zero-order chi connectivity index (χ0) is 22.6. The van der Waals surface area contributed by atoms with Gasteiger partial charge in [-0.15, -0.1) is 0 Å². The molecule has 1 fully saturated rings. The number of para-hydroxylation sites is 1. The number of nitrogens with zero attached hydrogens (tertiary/aromatic N) is 5. The van der Waals surface area contributed by atoms with Gasteiger partial charge in [-0.1, -0.05) is 42.6 Å². The van der Waals surface area contributed by atoms with Crippen LogP contribution in [0.3, 0.4) is 0 Å². The van der Waals surface area contributed by atoms with E-state index in [0.717, 1.165) is 30.5 Å². The van der Waals surface area contributed by atoms with Crippen molar-refractivity contribution >= 4 is 23.5 Å². The molecule has 2 heterocycles. The lowest BCUT2D eigenvalue weighted by atomic mass is 9.79. The number of nitrogens with one attached hydrogen (secondary N) is 1. The molecule has 0 bridgehead atoms. The monoisotopic (exact) mass is 437 g/mol. The van der Waals surface area contributed by atoms with Crippen LogP contribution in [-0.2, 0) is 22.7 Å². The lowest BCUT2D eigenvalue weighted by molar-refractivity contribution is -0.149. The third-order valence-electron chi connectivity index (χ3n) is 6.05. The van der Waals surface area contributed by atoms with E-state index in [1.54, 1.807) is 23.3 Å². The van der Waals surface area contributed by atoms with Gasteiger partial charge in [0.25, 0.3) is 0 Å². The Hall–Kier alpha value is -3.69. The van der Waals surface area contributed by atoms with E-state index in [0.29, 0.717) is 18.6 Å². The Morgan fingerprint density at radius 1 is 1.19 bits per heavy atom. The average Bonchev–Trinajstić information content (AvgIpc) is 3.46. The summed E-state index contributed by atoms with van der Waals surface area (Å²) >= 11 is 0. The molecule has 1 aliphatic rings. The molecule has 0 radical (unpaired) electrons. The van der Waals surface area contributed by atoms with Crippen LogP contribution in [0.25, 0.3) is 0 Å². The van der Waals surface area contributed by atoms with Gasteiger partial charge in [0.15, 0.2) is 0 Å². The van der Waals surface area contributed by atoms with Gasteiger partial charge in [-0.2, -0.15) is 0 Å². The zero-order valence-electron chi connectivity index (χ0n) is 18.0. The van der Waals surface area contributed by atoms with Crippen LogP contribution in [0, 0.1) is 6.92 Å². The smallest absolute Gasteiger partial charge is 0.250 e. The van der Waals surface area contributed by atoms with Crippen molar-refractivity contribution in [1.82, 2.24) is 25.1 Å². The number of hydrogen-bond acceptors (Lipinski definition) is 7.